The van der Waals surface area contributed by atoms with Gasteiger partial charge >= 0.3 is 0 Å². The highest BCUT2D eigenvalue weighted by Gasteiger charge is 2.20. The lowest BCUT2D eigenvalue weighted by Gasteiger charge is -2.30. The lowest BCUT2D eigenvalue weighted by molar-refractivity contribution is 0.167. The van der Waals surface area contributed by atoms with Gasteiger partial charge in [-0.25, -0.2) is 0 Å². The third-order valence-corrected chi connectivity index (χ3v) is 4.16. The van der Waals surface area contributed by atoms with Crippen LogP contribution in [-0.4, -0.2) is 34.7 Å². The molecule has 1 fully saturated rings. The van der Waals surface area contributed by atoms with Crippen molar-refractivity contribution in [2.75, 3.05) is 19.6 Å². The van der Waals surface area contributed by atoms with Crippen molar-refractivity contribution >= 4 is 0 Å². The number of rotatable bonds is 4. The van der Waals surface area contributed by atoms with Gasteiger partial charge in [-0.15, -0.1) is 10.2 Å². The molecule has 0 saturated carbocycles. The van der Waals surface area contributed by atoms with Gasteiger partial charge in [0.1, 0.15) is 0 Å². The number of aromatic nitrogens is 2. The van der Waals surface area contributed by atoms with E-state index in [1.807, 2.05) is 12.1 Å². The van der Waals surface area contributed by atoms with E-state index >= 15 is 0 Å². The molecule has 0 spiro atoms. The molecule has 3 rings (SSSR count). The molecule has 0 amide bonds. The average Bonchev–Trinajstić information content (AvgIpc) is 2.97. The molecule has 1 aromatic carbocycles. The fraction of sp³-hybridized carbons (Fsp3) is 0.500. The monoisotopic (exact) mass is 286 g/mol. The molecule has 5 heteroatoms. The maximum Gasteiger partial charge on any atom is 0.247 e. The molecule has 0 atom stereocenters. The van der Waals surface area contributed by atoms with Crippen molar-refractivity contribution in [2.24, 2.45) is 11.7 Å². The summed E-state index contributed by atoms with van der Waals surface area (Å²) in [5, 5.41) is 8.31. The third-order valence-electron chi connectivity index (χ3n) is 4.16. The Labute approximate surface area is 125 Å². The van der Waals surface area contributed by atoms with Crippen molar-refractivity contribution in [1.82, 2.24) is 15.1 Å². The van der Waals surface area contributed by atoms with Crippen LogP contribution < -0.4 is 5.73 Å². The van der Waals surface area contributed by atoms with Gasteiger partial charge in [-0.05, 0) is 57.5 Å². The van der Waals surface area contributed by atoms with Gasteiger partial charge in [0.25, 0.3) is 0 Å². The quantitative estimate of drug-likeness (QED) is 0.933. The van der Waals surface area contributed by atoms with Crippen LogP contribution in [0.15, 0.2) is 28.7 Å². The zero-order valence-electron chi connectivity index (χ0n) is 12.5. The fourth-order valence-corrected chi connectivity index (χ4v) is 2.70. The zero-order chi connectivity index (χ0) is 14.7. The van der Waals surface area contributed by atoms with E-state index in [2.05, 4.69) is 34.2 Å². The lowest BCUT2D eigenvalue weighted by atomic mass is 9.97. The van der Waals surface area contributed by atoms with Crippen molar-refractivity contribution in [3.63, 3.8) is 0 Å². The first-order valence-corrected chi connectivity index (χ1v) is 7.56. The molecule has 0 unspecified atom stereocenters. The first-order chi connectivity index (χ1) is 10.2. The van der Waals surface area contributed by atoms with Gasteiger partial charge in [-0.3, -0.25) is 4.90 Å². The molecule has 5 nitrogen and oxygen atoms in total. The second-order valence-corrected chi connectivity index (χ2v) is 5.82. The standard InChI is InChI=1S/C16H22N4O/c1-12-2-4-14(5-3-12)16-19-18-15(21-16)11-20-8-6-13(10-17)7-9-20/h2-5,13H,6-11,17H2,1H3. The van der Waals surface area contributed by atoms with Gasteiger partial charge in [-0.1, -0.05) is 17.7 Å². The second kappa shape index (κ2) is 6.37. The molecule has 1 aliphatic heterocycles. The van der Waals surface area contributed by atoms with Crippen LogP contribution in [0.2, 0.25) is 0 Å². The van der Waals surface area contributed by atoms with Crippen molar-refractivity contribution in [1.29, 1.82) is 0 Å². The third kappa shape index (κ3) is 3.49. The Balaban J connectivity index is 1.62. The van der Waals surface area contributed by atoms with Gasteiger partial charge in [0.05, 0.1) is 6.54 Å². The number of hydrogen-bond acceptors (Lipinski definition) is 5. The number of likely N-dealkylation sites (tertiary alicyclic amines) is 1. The molecule has 2 aromatic rings. The van der Waals surface area contributed by atoms with E-state index in [4.69, 9.17) is 10.2 Å². The summed E-state index contributed by atoms with van der Waals surface area (Å²) in [6.45, 7) is 5.71. The van der Waals surface area contributed by atoms with Crippen LogP contribution in [-0.2, 0) is 6.54 Å². The van der Waals surface area contributed by atoms with Crippen LogP contribution in [0.5, 0.6) is 0 Å². The van der Waals surface area contributed by atoms with E-state index in [0.717, 1.165) is 44.6 Å². The summed E-state index contributed by atoms with van der Waals surface area (Å²) < 4.78 is 5.78. The Morgan fingerprint density at radius 2 is 1.90 bits per heavy atom. The number of aryl methyl sites for hydroxylation is 1. The van der Waals surface area contributed by atoms with Crippen molar-refractivity contribution < 1.29 is 4.42 Å². The van der Waals surface area contributed by atoms with E-state index in [1.54, 1.807) is 0 Å². The molecule has 21 heavy (non-hydrogen) atoms. The van der Waals surface area contributed by atoms with Crippen molar-refractivity contribution in [3.05, 3.63) is 35.7 Å². The van der Waals surface area contributed by atoms with Gasteiger partial charge in [-0.2, -0.15) is 0 Å². The van der Waals surface area contributed by atoms with Gasteiger partial charge in [0.15, 0.2) is 0 Å². The van der Waals surface area contributed by atoms with Gasteiger partial charge in [0, 0.05) is 5.56 Å². The van der Waals surface area contributed by atoms with Crippen molar-refractivity contribution in [3.8, 4) is 11.5 Å². The van der Waals surface area contributed by atoms with Crippen LogP contribution in [0.25, 0.3) is 11.5 Å². The molecule has 0 radical (unpaired) electrons. The summed E-state index contributed by atoms with van der Waals surface area (Å²) in [6, 6.07) is 8.13. The minimum absolute atomic E-state index is 0.599. The Morgan fingerprint density at radius 1 is 1.19 bits per heavy atom. The highest BCUT2D eigenvalue weighted by atomic mass is 16.4. The Morgan fingerprint density at radius 3 is 2.57 bits per heavy atom. The Kier molecular flexibility index (Phi) is 4.31. The number of hydrogen-bond donors (Lipinski definition) is 1. The fourth-order valence-electron chi connectivity index (χ4n) is 2.70. The Hall–Kier alpha value is -1.72. The predicted molar refractivity (Wildman–Crippen MR) is 81.5 cm³/mol. The minimum atomic E-state index is 0.599. The summed E-state index contributed by atoms with van der Waals surface area (Å²) in [4.78, 5) is 2.36. The first kappa shape index (κ1) is 14.2. The predicted octanol–water partition coefficient (Wildman–Crippen LogP) is 2.22. The minimum Gasteiger partial charge on any atom is -0.419 e. The number of piperidine rings is 1. The summed E-state index contributed by atoms with van der Waals surface area (Å²) in [5.41, 5.74) is 7.92. The van der Waals surface area contributed by atoms with E-state index < -0.39 is 0 Å². The largest absolute Gasteiger partial charge is 0.419 e. The first-order valence-electron chi connectivity index (χ1n) is 7.56. The SMILES string of the molecule is Cc1ccc(-c2nnc(CN3CCC(CN)CC3)o2)cc1. The molecule has 0 bridgehead atoms. The number of benzene rings is 1. The molecule has 1 aliphatic rings. The second-order valence-electron chi connectivity index (χ2n) is 5.82. The topological polar surface area (TPSA) is 68.2 Å². The molecular formula is C16H22N4O. The molecule has 0 aliphatic carbocycles. The summed E-state index contributed by atoms with van der Waals surface area (Å²) in [7, 11) is 0. The molecule has 112 valence electrons. The van der Waals surface area contributed by atoms with E-state index in [1.165, 1.54) is 5.56 Å². The smallest absolute Gasteiger partial charge is 0.247 e. The maximum absolute atomic E-state index is 5.78. The van der Waals surface area contributed by atoms with E-state index in [9.17, 15) is 0 Å². The number of nitrogens with two attached hydrogens (primary N) is 1. The normalized spacial score (nSPS) is 17.2. The van der Waals surface area contributed by atoms with E-state index in [-0.39, 0.29) is 0 Å². The molecule has 1 aromatic heterocycles. The van der Waals surface area contributed by atoms with Gasteiger partial charge in [0.2, 0.25) is 11.8 Å². The summed E-state index contributed by atoms with van der Waals surface area (Å²) >= 11 is 0. The Bertz CT molecular complexity index is 570. The van der Waals surface area contributed by atoms with Crippen LogP contribution in [0.3, 0.4) is 0 Å². The van der Waals surface area contributed by atoms with Gasteiger partial charge < -0.3 is 10.2 Å². The van der Waals surface area contributed by atoms with E-state index in [0.29, 0.717) is 17.7 Å². The zero-order valence-corrected chi connectivity index (χ0v) is 12.5. The van der Waals surface area contributed by atoms with Crippen LogP contribution in [0, 0.1) is 12.8 Å². The number of nitrogens with zero attached hydrogens (tertiary/aromatic N) is 3. The van der Waals surface area contributed by atoms with Crippen LogP contribution in [0.1, 0.15) is 24.3 Å². The van der Waals surface area contributed by atoms with Crippen LogP contribution in [0.4, 0.5) is 0 Å². The average molecular weight is 286 g/mol. The summed E-state index contributed by atoms with van der Waals surface area (Å²) in [5.74, 6) is 1.96. The lowest BCUT2D eigenvalue weighted by Crippen LogP contribution is -2.35. The highest BCUT2D eigenvalue weighted by molar-refractivity contribution is 5.52. The molecule has 2 heterocycles. The molecular weight excluding hydrogens is 264 g/mol. The van der Waals surface area contributed by atoms with Crippen molar-refractivity contribution in [2.45, 2.75) is 26.3 Å². The molecule has 2 N–H and O–H groups in total. The van der Waals surface area contributed by atoms with Crippen LogP contribution >= 0.6 is 0 Å². The maximum atomic E-state index is 5.78. The highest BCUT2D eigenvalue weighted by Crippen LogP contribution is 2.21. The molecule has 1 saturated heterocycles. The summed E-state index contributed by atoms with van der Waals surface area (Å²) in [6.07, 6.45) is 2.32.